The molecule has 0 heterocycles. The Morgan fingerprint density at radius 2 is 1.85 bits per heavy atom. The van der Waals surface area contributed by atoms with Gasteiger partial charge in [-0.05, 0) is 93.3 Å². The molecule has 152 valence electrons. The molecule has 4 bridgehead atoms. The topological polar surface area (TPSA) is 57.2 Å². The summed E-state index contributed by atoms with van der Waals surface area (Å²) in [6, 6.07) is 0. The summed E-state index contributed by atoms with van der Waals surface area (Å²) in [7, 11) is 3.56. The maximum atomic E-state index is 12.6. The molecule has 27 heavy (non-hydrogen) atoms. The van der Waals surface area contributed by atoms with Crippen LogP contribution in [0.15, 0.2) is 12.5 Å². The fourth-order valence-electron chi connectivity index (χ4n) is 6.59. The number of esters is 1. The maximum Gasteiger partial charge on any atom is 0.311 e. The number of rotatable bonds is 9. The zero-order chi connectivity index (χ0) is 19.1. The summed E-state index contributed by atoms with van der Waals surface area (Å²) >= 11 is -0.291. The van der Waals surface area contributed by atoms with Crippen molar-refractivity contribution >= 4 is 31.5 Å². The van der Waals surface area contributed by atoms with Gasteiger partial charge in [0.05, 0.1) is 5.92 Å². The molecule has 4 rings (SSSR count). The number of ether oxygens (including phenoxy) is 4. The van der Waals surface area contributed by atoms with Gasteiger partial charge in [-0.15, -0.1) is 0 Å². The summed E-state index contributed by atoms with van der Waals surface area (Å²) in [6.45, 7) is 4.21. The second-order valence-corrected chi connectivity index (χ2v) is 10.5. The number of carbonyl (C=O) groups is 1. The van der Waals surface area contributed by atoms with Crippen molar-refractivity contribution < 1.29 is 23.7 Å². The number of fused-ring (bicyclic) bond motifs is 9. The van der Waals surface area contributed by atoms with Gasteiger partial charge in [-0.25, -0.2) is 0 Å². The molecule has 7 heteroatoms. The summed E-state index contributed by atoms with van der Waals surface area (Å²) in [5, 5.41) is 0. The van der Waals surface area contributed by atoms with Crippen LogP contribution in [0.1, 0.15) is 25.7 Å². The van der Waals surface area contributed by atoms with Gasteiger partial charge in [0.25, 0.3) is 0 Å². The van der Waals surface area contributed by atoms with Crippen LogP contribution < -0.4 is 0 Å². The number of carbonyl (C=O) groups excluding carboxylic acids is 1. The van der Waals surface area contributed by atoms with E-state index in [1.807, 2.05) is 7.05 Å². The number of halogens is 1. The minimum Gasteiger partial charge on any atom is -0.475 e. The van der Waals surface area contributed by atoms with Crippen molar-refractivity contribution in [2.75, 3.05) is 27.7 Å². The minimum atomic E-state index is -0.291. The van der Waals surface area contributed by atoms with Crippen LogP contribution in [-0.4, -0.2) is 47.4 Å². The lowest BCUT2D eigenvalue weighted by Gasteiger charge is -2.41. The molecule has 8 unspecified atom stereocenters. The second-order valence-electron chi connectivity index (χ2n) is 8.39. The Labute approximate surface area is 171 Å². The molecule has 0 spiro atoms. The summed E-state index contributed by atoms with van der Waals surface area (Å²) in [5.74, 6) is 4.55. The Morgan fingerprint density at radius 1 is 1.11 bits per heavy atom. The molecule has 0 aromatic rings. The van der Waals surface area contributed by atoms with Gasteiger partial charge in [-0.3, -0.25) is 7.91 Å². The molecular weight excluding hydrogens is 461 g/mol. The highest BCUT2D eigenvalue weighted by molar-refractivity contribution is 14.2. The van der Waals surface area contributed by atoms with E-state index in [9.17, 15) is 4.79 Å². The molecule has 4 aliphatic rings. The Morgan fingerprint density at radius 3 is 2.59 bits per heavy atom. The molecule has 8 atom stereocenters. The van der Waals surface area contributed by atoms with E-state index in [2.05, 4.69) is 14.2 Å². The molecule has 0 saturated heterocycles. The quantitative estimate of drug-likeness (QED) is 0.0940. The first-order valence-electron chi connectivity index (χ1n) is 9.76. The molecule has 0 N–H and O–H groups in total. The van der Waals surface area contributed by atoms with E-state index in [1.54, 1.807) is 7.11 Å². The smallest absolute Gasteiger partial charge is 0.311 e. The molecule has 4 aliphatic carbocycles. The lowest BCUT2D eigenvalue weighted by atomic mass is 9.67. The van der Waals surface area contributed by atoms with E-state index in [0.717, 1.165) is 30.6 Å². The standard InChI is InChI=1S/C20H30INO5/c1-11(22(3)21-2)27-17-8-13-7-16(17)19-14-5-12(18(13)19)6-15(14)20(23)26-10-25-9-24-4/h12-19H,1-2,5-10H2,3-4H3. The highest BCUT2D eigenvalue weighted by atomic mass is 127. The molecule has 0 aliphatic heterocycles. The van der Waals surface area contributed by atoms with E-state index in [4.69, 9.17) is 18.9 Å². The third-order valence-corrected chi connectivity index (χ3v) is 8.92. The zero-order valence-corrected chi connectivity index (χ0v) is 18.3. The summed E-state index contributed by atoms with van der Waals surface area (Å²) in [6.07, 6.45) is 4.83. The van der Waals surface area contributed by atoms with Crippen molar-refractivity contribution in [2.24, 2.45) is 41.4 Å². The van der Waals surface area contributed by atoms with Crippen molar-refractivity contribution in [1.29, 1.82) is 0 Å². The predicted octanol–water partition coefficient (Wildman–Crippen LogP) is 3.14. The van der Waals surface area contributed by atoms with Gasteiger partial charge < -0.3 is 18.9 Å². The number of hydrogen-bond acceptors (Lipinski definition) is 6. The number of methoxy groups -OCH3 is 1. The highest BCUT2D eigenvalue weighted by Gasteiger charge is 2.66. The van der Waals surface area contributed by atoms with Gasteiger partial charge in [-0.1, -0.05) is 0 Å². The van der Waals surface area contributed by atoms with Gasteiger partial charge in [0.1, 0.15) is 12.9 Å². The third-order valence-electron chi connectivity index (χ3n) is 7.36. The number of nitrogens with zero attached hydrogens (tertiary/aromatic N) is 1. The minimum absolute atomic E-state index is 0.0211. The van der Waals surface area contributed by atoms with Crippen molar-refractivity contribution in [1.82, 2.24) is 3.11 Å². The molecule has 0 radical (unpaired) electrons. The Kier molecular flexibility index (Phi) is 5.81. The van der Waals surface area contributed by atoms with E-state index in [-0.39, 0.29) is 52.6 Å². The summed E-state index contributed by atoms with van der Waals surface area (Å²) in [4.78, 5) is 12.6. The SMILES string of the molecule is C=IN(C)C(=C)OC1CC2CC1C1C3CC(CC3C(=O)OCOCOC)C21. The summed E-state index contributed by atoms with van der Waals surface area (Å²) < 4.78 is 27.6. The molecule has 0 amide bonds. The second kappa shape index (κ2) is 7.99. The average molecular weight is 491 g/mol. The van der Waals surface area contributed by atoms with Gasteiger partial charge >= 0.3 is 5.97 Å². The molecular formula is C20H30INO5. The zero-order valence-electron chi connectivity index (χ0n) is 16.1. The first kappa shape index (κ1) is 19.6. The van der Waals surface area contributed by atoms with Crippen LogP contribution in [0.2, 0.25) is 0 Å². The highest BCUT2D eigenvalue weighted by Crippen LogP contribution is 2.69. The van der Waals surface area contributed by atoms with Gasteiger partial charge in [0, 0.05) is 14.2 Å². The first-order chi connectivity index (χ1) is 13.0. The van der Waals surface area contributed by atoms with Crippen molar-refractivity contribution in [3.05, 3.63) is 12.5 Å². The van der Waals surface area contributed by atoms with Crippen molar-refractivity contribution in [3.63, 3.8) is 0 Å². The molecule has 0 aromatic carbocycles. The summed E-state index contributed by atoms with van der Waals surface area (Å²) in [5.41, 5.74) is 0. The van der Waals surface area contributed by atoms with E-state index in [0.29, 0.717) is 23.7 Å². The van der Waals surface area contributed by atoms with Gasteiger partial charge in [0.15, 0.2) is 12.7 Å². The Bertz CT molecular complexity index is 613. The van der Waals surface area contributed by atoms with E-state index < -0.39 is 0 Å². The number of hydrogen-bond donors (Lipinski definition) is 0. The fraction of sp³-hybridized carbons (Fsp3) is 0.800. The maximum absolute atomic E-state index is 12.6. The molecule has 4 saturated carbocycles. The first-order valence-corrected chi connectivity index (χ1v) is 12.3. The largest absolute Gasteiger partial charge is 0.475 e. The monoisotopic (exact) mass is 491 g/mol. The van der Waals surface area contributed by atoms with Crippen LogP contribution in [0.5, 0.6) is 0 Å². The normalized spacial score (nSPS) is 40.8. The van der Waals surface area contributed by atoms with Gasteiger partial charge in [-0.2, -0.15) is 0 Å². The molecule has 0 aromatic heterocycles. The van der Waals surface area contributed by atoms with Crippen LogP contribution in [0.4, 0.5) is 0 Å². The van der Waals surface area contributed by atoms with E-state index in [1.165, 1.54) is 12.8 Å². The van der Waals surface area contributed by atoms with Crippen molar-refractivity contribution in [3.8, 4) is 0 Å². The predicted molar refractivity (Wildman–Crippen MR) is 110 cm³/mol. The lowest BCUT2D eigenvalue weighted by molar-refractivity contribution is -0.173. The molecule has 4 fully saturated rings. The van der Waals surface area contributed by atoms with E-state index >= 15 is 0 Å². The third kappa shape index (κ3) is 3.44. The van der Waals surface area contributed by atoms with Crippen LogP contribution >= 0.6 is 21.0 Å². The van der Waals surface area contributed by atoms with Gasteiger partial charge in [0.2, 0.25) is 0 Å². The Balaban J connectivity index is 1.38. The Hall–Kier alpha value is -0.670. The average Bonchev–Trinajstić information content (AvgIpc) is 3.42. The van der Waals surface area contributed by atoms with Crippen LogP contribution in [-0.2, 0) is 23.7 Å². The van der Waals surface area contributed by atoms with Crippen LogP contribution in [0.25, 0.3) is 0 Å². The van der Waals surface area contributed by atoms with Crippen LogP contribution in [0.3, 0.4) is 0 Å². The van der Waals surface area contributed by atoms with Crippen molar-refractivity contribution in [2.45, 2.75) is 31.8 Å². The lowest BCUT2D eigenvalue weighted by Crippen LogP contribution is -2.41. The fourth-order valence-corrected chi connectivity index (χ4v) is 7.08. The molecule has 6 nitrogen and oxygen atoms in total. The van der Waals surface area contributed by atoms with Crippen LogP contribution in [0, 0.1) is 41.4 Å².